The van der Waals surface area contributed by atoms with E-state index in [0.29, 0.717) is 23.0 Å². The van der Waals surface area contributed by atoms with Gasteiger partial charge < -0.3 is 5.73 Å². The molecule has 2 rings (SSSR count). The Morgan fingerprint density at radius 1 is 1.56 bits per heavy atom. The zero-order valence-corrected chi connectivity index (χ0v) is 12.0. The number of halogens is 3. The minimum absolute atomic E-state index is 0. The van der Waals surface area contributed by atoms with E-state index in [1.54, 1.807) is 12.1 Å². The normalized spacial score (nSPS) is 21.7. The molecule has 1 aromatic carbocycles. The van der Waals surface area contributed by atoms with Gasteiger partial charge >= 0.3 is 0 Å². The van der Waals surface area contributed by atoms with Crippen molar-refractivity contribution >= 4 is 24.0 Å². The molecule has 5 heteroatoms. The molecule has 1 aromatic rings. The van der Waals surface area contributed by atoms with E-state index in [1.165, 1.54) is 6.07 Å². The van der Waals surface area contributed by atoms with Crippen LogP contribution in [0.25, 0.3) is 0 Å². The molecule has 1 aliphatic rings. The Labute approximate surface area is 119 Å². The average molecular weight is 293 g/mol. The van der Waals surface area contributed by atoms with Gasteiger partial charge in [0.2, 0.25) is 0 Å². The highest BCUT2D eigenvalue weighted by Gasteiger charge is 2.25. The number of hydrogen-bond acceptors (Lipinski definition) is 2. The summed E-state index contributed by atoms with van der Waals surface area (Å²) < 4.78 is 13.6. The lowest BCUT2D eigenvalue weighted by Gasteiger charge is -2.18. The molecule has 0 radical (unpaired) electrons. The fraction of sp³-hybridized carbons (Fsp3) is 0.538. The molecule has 1 saturated heterocycles. The first kappa shape index (κ1) is 15.7. The zero-order valence-electron chi connectivity index (χ0n) is 10.4. The van der Waals surface area contributed by atoms with Crippen molar-refractivity contribution in [2.24, 2.45) is 11.7 Å². The topological polar surface area (TPSA) is 29.3 Å². The van der Waals surface area contributed by atoms with E-state index in [2.05, 4.69) is 4.90 Å². The molecule has 0 aromatic heterocycles. The highest BCUT2D eigenvalue weighted by atomic mass is 35.5. The second-order valence-corrected chi connectivity index (χ2v) is 5.32. The smallest absolute Gasteiger partial charge is 0.129 e. The Hall–Kier alpha value is -0.350. The van der Waals surface area contributed by atoms with Crippen LogP contribution in [0.1, 0.15) is 18.9 Å². The van der Waals surface area contributed by atoms with Crippen LogP contribution in [0.2, 0.25) is 5.02 Å². The number of nitrogens with two attached hydrogens (primary N) is 1. The molecule has 0 aliphatic carbocycles. The number of likely N-dealkylation sites (tertiary alicyclic amines) is 1. The van der Waals surface area contributed by atoms with Crippen LogP contribution in [-0.2, 0) is 6.54 Å². The van der Waals surface area contributed by atoms with Crippen LogP contribution in [-0.4, -0.2) is 24.0 Å². The number of benzene rings is 1. The van der Waals surface area contributed by atoms with Gasteiger partial charge in [-0.1, -0.05) is 17.7 Å². The predicted molar refractivity (Wildman–Crippen MR) is 75.7 cm³/mol. The van der Waals surface area contributed by atoms with Crippen LogP contribution in [0.3, 0.4) is 0 Å². The van der Waals surface area contributed by atoms with E-state index in [0.717, 1.165) is 19.5 Å². The molecule has 2 atom stereocenters. The summed E-state index contributed by atoms with van der Waals surface area (Å²) in [6, 6.07) is 5.08. The Morgan fingerprint density at radius 3 is 2.83 bits per heavy atom. The van der Waals surface area contributed by atoms with E-state index in [9.17, 15) is 4.39 Å². The Kier molecular flexibility index (Phi) is 5.86. The van der Waals surface area contributed by atoms with Gasteiger partial charge in [-0.25, -0.2) is 4.39 Å². The molecule has 2 unspecified atom stereocenters. The van der Waals surface area contributed by atoms with E-state index < -0.39 is 0 Å². The fourth-order valence-electron chi connectivity index (χ4n) is 2.33. The van der Waals surface area contributed by atoms with Crippen molar-refractivity contribution in [3.63, 3.8) is 0 Å². The number of rotatable bonds is 3. The molecule has 2 nitrogen and oxygen atoms in total. The predicted octanol–water partition coefficient (Wildman–Crippen LogP) is 3.07. The van der Waals surface area contributed by atoms with E-state index >= 15 is 0 Å². The third-order valence-corrected chi connectivity index (χ3v) is 3.70. The average Bonchev–Trinajstić information content (AvgIpc) is 2.71. The summed E-state index contributed by atoms with van der Waals surface area (Å²) in [7, 11) is 0. The molecule has 102 valence electrons. The van der Waals surface area contributed by atoms with Crippen LogP contribution >= 0.6 is 24.0 Å². The van der Waals surface area contributed by atoms with Gasteiger partial charge in [-0.15, -0.1) is 12.4 Å². The van der Waals surface area contributed by atoms with Crippen LogP contribution in [0.15, 0.2) is 18.2 Å². The van der Waals surface area contributed by atoms with Crippen molar-refractivity contribution in [3.8, 4) is 0 Å². The van der Waals surface area contributed by atoms with Gasteiger partial charge in [-0.2, -0.15) is 0 Å². The Bertz CT molecular complexity index is 399. The quantitative estimate of drug-likeness (QED) is 0.928. The first-order valence-corrected chi connectivity index (χ1v) is 6.36. The highest BCUT2D eigenvalue weighted by molar-refractivity contribution is 6.30. The van der Waals surface area contributed by atoms with Crippen LogP contribution in [0.4, 0.5) is 4.39 Å². The molecule has 0 saturated carbocycles. The maximum Gasteiger partial charge on any atom is 0.129 e. The molecular weight excluding hydrogens is 274 g/mol. The zero-order chi connectivity index (χ0) is 12.4. The van der Waals surface area contributed by atoms with Crippen molar-refractivity contribution in [2.75, 3.05) is 13.1 Å². The van der Waals surface area contributed by atoms with Crippen LogP contribution < -0.4 is 5.73 Å². The molecule has 1 heterocycles. The molecule has 1 aliphatic heterocycles. The largest absolute Gasteiger partial charge is 0.328 e. The van der Waals surface area contributed by atoms with Gasteiger partial charge in [0.1, 0.15) is 5.82 Å². The van der Waals surface area contributed by atoms with Crippen LogP contribution in [0.5, 0.6) is 0 Å². The molecule has 1 fully saturated rings. The second-order valence-electron chi connectivity index (χ2n) is 4.88. The minimum Gasteiger partial charge on any atom is -0.328 e. The minimum atomic E-state index is -0.221. The maximum absolute atomic E-state index is 13.6. The first-order valence-electron chi connectivity index (χ1n) is 5.98. The van der Waals surface area contributed by atoms with Crippen molar-refractivity contribution < 1.29 is 4.39 Å². The summed E-state index contributed by atoms with van der Waals surface area (Å²) in [5, 5.41) is 0.445. The summed E-state index contributed by atoms with van der Waals surface area (Å²) in [5.74, 6) is 0.312. The third-order valence-electron chi connectivity index (χ3n) is 3.46. The van der Waals surface area contributed by atoms with E-state index in [4.69, 9.17) is 17.3 Å². The monoisotopic (exact) mass is 292 g/mol. The Morgan fingerprint density at radius 2 is 2.28 bits per heavy atom. The first-order chi connectivity index (χ1) is 8.06. The second kappa shape index (κ2) is 6.71. The summed E-state index contributed by atoms with van der Waals surface area (Å²) in [4.78, 5) is 2.25. The summed E-state index contributed by atoms with van der Waals surface area (Å²) in [5.41, 5.74) is 6.59. The van der Waals surface area contributed by atoms with Crippen molar-refractivity contribution in [3.05, 3.63) is 34.6 Å². The maximum atomic E-state index is 13.6. The molecule has 2 N–H and O–H groups in total. The fourth-order valence-corrected chi connectivity index (χ4v) is 2.48. The molecule has 0 spiro atoms. The summed E-state index contributed by atoms with van der Waals surface area (Å²) in [6.07, 6.45) is 1.10. The summed E-state index contributed by atoms with van der Waals surface area (Å²) in [6.45, 7) is 4.64. The van der Waals surface area contributed by atoms with Crippen LogP contribution in [0, 0.1) is 11.7 Å². The molecule has 18 heavy (non-hydrogen) atoms. The van der Waals surface area contributed by atoms with Gasteiger partial charge in [0, 0.05) is 29.7 Å². The summed E-state index contributed by atoms with van der Waals surface area (Å²) >= 11 is 5.73. The lowest BCUT2D eigenvalue weighted by atomic mass is 10.0. The van der Waals surface area contributed by atoms with Crippen molar-refractivity contribution in [1.82, 2.24) is 4.90 Å². The van der Waals surface area contributed by atoms with Crippen molar-refractivity contribution in [1.29, 1.82) is 0 Å². The molecular formula is C13H19Cl2FN2. The van der Waals surface area contributed by atoms with Gasteiger partial charge in [-0.05, 0) is 37.9 Å². The highest BCUT2D eigenvalue weighted by Crippen LogP contribution is 2.22. The van der Waals surface area contributed by atoms with Gasteiger partial charge in [0.15, 0.2) is 0 Å². The SMILES string of the molecule is CC(N)C1CCN(Cc2ccc(Cl)cc2F)C1.Cl. The standard InChI is InChI=1S/C13H18ClFN2.ClH/c1-9(16)10-4-5-17(7-10)8-11-2-3-12(14)6-13(11)15;/h2-3,6,9-10H,4-5,7-8,16H2,1H3;1H. The Balaban J connectivity index is 0.00000162. The van der Waals surface area contributed by atoms with E-state index in [-0.39, 0.29) is 24.3 Å². The number of hydrogen-bond donors (Lipinski definition) is 1. The number of nitrogens with zero attached hydrogens (tertiary/aromatic N) is 1. The molecule has 0 bridgehead atoms. The van der Waals surface area contributed by atoms with Gasteiger partial charge in [0.25, 0.3) is 0 Å². The third kappa shape index (κ3) is 3.82. The van der Waals surface area contributed by atoms with E-state index in [1.807, 2.05) is 6.92 Å². The van der Waals surface area contributed by atoms with Gasteiger partial charge in [0.05, 0.1) is 0 Å². The lowest BCUT2D eigenvalue weighted by Crippen LogP contribution is -2.29. The van der Waals surface area contributed by atoms with Gasteiger partial charge in [-0.3, -0.25) is 4.90 Å². The lowest BCUT2D eigenvalue weighted by molar-refractivity contribution is 0.304. The molecule has 0 amide bonds. The van der Waals surface area contributed by atoms with Crippen molar-refractivity contribution in [2.45, 2.75) is 25.9 Å².